The van der Waals surface area contributed by atoms with Crippen molar-refractivity contribution >= 4 is 16.7 Å². The predicted molar refractivity (Wildman–Crippen MR) is 77.8 cm³/mol. The molecular weight excluding hydrogens is 240 g/mol. The fraction of sp³-hybridized carbons (Fsp3) is 0.500. The van der Waals surface area contributed by atoms with Gasteiger partial charge in [-0.05, 0) is 38.5 Å². The minimum Gasteiger partial charge on any atom is -0.399 e. The molecule has 19 heavy (non-hydrogen) atoms. The van der Waals surface area contributed by atoms with Crippen molar-refractivity contribution in [3.63, 3.8) is 0 Å². The lowest BCUT2D eigenvalue weighted by Gasteiger charge is -2.24. The largest absolute Gasteiger partial charge is 0.399 e. The number of nitrogen functional groups attached to an aromatic ring is 1. The summed E-state index contributed by atoms with van der Waals surface area (Å²) in [5, 5.41) is 8.94. The minimum atomic E-state index is 0.222. The molecule has 1 heterocycles. The number of benzene rings is 1. The average Bonchev–Trinajstić information content (AvgIpc) is 2.75. The molecular formula is C14H22N4O. The molecule has 0 saturated heterocycles. The molecule has 0 unspecified atom stereocenters. The number of aromatic amines is 1. The maximum Gasteiger partial charge on any atom is 0.121 e. The van der Waals surface area contributed by atoms with Gasteiger partial charge in [0.1, 0.15) is 5.82 Å². The van der Waals surface area contributed by atoms with Crippen molar-refractivity contribution in [1.82, 2.24) is 14.9 Å². The first-order valence-electron chi connectivity index (χ1n) is 6.69. The van der Waals surface area contributed by atoms with Gasteiger partial charge in [-0.1, -0.05) is 0 Å². The van der Waals surface area contributed by atoms with Crippen molar-refractivity contribution in [2.75, 3.05) is 18.9 Å². The third kappa shape index (κ3) is 3.45. The van der Waals surface area contributed by atoms with E-state index in [1.165, 1.54) is 0 Å². The molecule has 5 heteroatoms. The summed E-state index contributed by atoms with van der Waals surface area (Å²) in [6.07, 6.45) is 0.783. The Morgan fingerprint density at radius 3 is 2.89 bits per heavy atom. The second-order valence-electron chi connectivity index (χ2n) is 5.10. The van der Waals surface area contributed by atoms with Crippen LogP contribution in [0.2, 0.25) is 0 Å². The van der Waals surface area contributed by atoms with E-state index in [0.717, 1.165) is 42.1 Å². The molecule has 4 N–H and O–H groups in total. The summed E-state index contributed by atoms with van der Waals surface area (Å²) in [5.41, 5.74) is 8.41. The maximum atomic E-state index is 8.94. The highest BCUT2D eigenvalue weighted by Gasteiger charge is 2.12. The van der Waals surface area contributed by atoms with Gasteiger partial charge in [-0.15, -0.1) is 0 Å². The lowest BCUT2D eigenvalue weighted by molar-refractivity contribution is 0.181. The van der Waals surface area contributed by atoms with Crippen molar-refractivity contribution in [3.05, 3.63) is 24.0 Å². The lowest BCUT2D eigenvalue weighted by atomic mass is 10.3. The summed E-state index contributed by atoms with van der Waals surface area (Å²) >= 11 is 0. The van der Waals surface area contributed by atoms with E-state index in [4.69, 9.17) is 10.8 Å². The van der Waals surface area contributed by atoms with Crippen LogP contribution in [0.4, 0.5) is 5.69 Å². The molecule has 0 atom stereocenters. The number of hydrogen-bond donors (Lipinski definition) is 3. The molecule has 2 aromatic rings. The Balaban J connectivity index is 2.14. The molecule has 0 aliphatic heterocycles. The summed E-state index contributed by atoms with van der Waals surface area (Å²) in [6.45, 7) is 6.15. The van der Waals surface area contributed by atoms with Gasteiger partial charge in [0.2, 0.25) is 0 Å². The van der Waals surface area contributed by atoms with Crippen molar-refractivity contribution in [2.45, 2.75) is 32.9 Å². The molecule has 2 rings (SSSR count). The molecule has 5 nitrogen and oxygen atoms in total. The molecule has 104 valence electrons. The lowest BCUT2D eigenvalue weighted by Crippen LogP contribution is -2.32. The number of imidazole rings is 1. The van der Waals surface area contributed by atoms with Gasteiger partial charge in [0.05, 0.1) is 17.6 Å². The zero-order valence-corrected chi connectivity index (χ0v) is 11.6. The van der Waals surface area contributed by atoms with Gasteiger partial charge in [-0.2, -0.15) is 0 Å². The van der Waals surface area contributed by atoms with Gasteiger partial charge in [0, 0.05) is 24.9 Å². The molecule has 1 aromatic carbocycles. The minimum absolute atomic E-state index is 0.222. The molecule has 0 spiro atoms. The number of fused-ring (bicyclic) bond motifs is 1. The summed E-state index contributed by atoms with van der Waals surface area (Å²) in [4.78, 5) is 10.2. The molecule has 0 fully saturated rings. The summed E-state index contributed by atoms with van der Waals surface area (Å²) in [7, 11) is 0. The Bertz CT molecular complexity index is 535. The Labute approximate surface area is 113 Å². The smallest absolute Gasteiger partial charge is 0.121 e. The topological polar surface area (TPSA) is 78.2 Å². The van der Waals surface area contributed by atoms with Crippen LogP contribution in [0.3, 0.4) is 0 Å². The third-order valence-electron chi connectivity index (χ3n) is 3.24. The van der Waals surface area contributed by atoms with Crippen molar-refractivity contribution < 1.29 is 5.11 Å². The number of aromatic nitrogens is 2. The zero-order chi connectivity index (χ0) is 13.8. The van der Waals surface area contributed by atoms with E-state index in [2.05, 4.69) is 28.7 Å². The van der Waals surface area contributed by atoms with Gasteiger partial charge in [-0.3, -0.25) is 4.90 Å². The number of nitrogens with one attached hydrogen (secondary N) is 1. The highest BCUT2D eigenvalue weighted by molar-refractivity contribution is 5.78. The van der Waals surface area contributed by atoms with E-state index >= 15 is 0 Å². The molecule has 0 bridgehead atoms. The summed E-state index contributed by atoms with van der Waals surface area (Å²) in [5.74, 6) is 0.937. The molecule has 0 amide bonds. The highest BCUT2D eigenvalue weighted by atomic mass is 16.3. The van der Waals surface area contributed by atoms with E-state index in [1.54, 1.807) is 0 Å². The Morgan fingerprint density at radius 1 is 1.42 bits per heavy atom. The van der Waals surface area contributed by atoms with Crippen LogP contribution in [-0.4, -0.2) is 39.2 Å². The average molecular weight is 262 g/mol. The second-order valence-corrected chi connectivity index (χ2v) is 5.10. The standard InChI is InChI=1S/C14H22N4O/c1-10(2)18(6-3-7-19)9-14-16-12-5-4-11(15)8-13(12)17-14/h4-5,8,10,19H,3,6-7,9,15H2,1-2H3,(H,16,17). The molecule has 1 aromatic heterocycles. The van der Waals surface area contributed by atoms with Gasteiger partial charge in [0.25, 0.3) is 0 Å². The monoisotopic (exact) mass is 262 g/mol. The van der Waals surface area contributed by atoms with Crippen molar-refractivity contribution in [2.24, 2.45) is 0 Å². The second kappa shape index (κ2) is 6.04. The van der Waals surface area contributed by atoms with E-state index in [0.29, 0.717) is 6.04 Å². The Morgan fingerprint density at radius 2 is 2.21 bits per heavy atom. The number of H-pyrrole nitrogens is 1. The van der Waals surface area contributed by atoms with Gasteiger partial charge < -0.3 is 15.8 Å². The number of rotatable bonds is 6. The molecule has 0 aliphatic carbocycles. The number of aliphatic hydroxyl groups excluding tert-OH is 1. The van der Waals surface area contributed by atoms with Crippen LogP contribution in [0, 0.1) is 0 Å². The quantitative estimate of drug-likeness (QED) is 0.693. The van der Waals surface area contributed by atoms with Crippen LogP contribution in [0.1, 0.15) is 26.1 Å². The first kappa shape index (κ1) is 13.8. The van der Waals surface area contributed by atoms with Gasteiger partial charge >= 0.3 is 0 Å². The van der Waals surface area contributed by atoms with E-state index < -0.39 is 0 Å². The normalized spacial score (nSPS) is 11.8. The zero-order valence-electron chi connectivity index (χ0n) is 11.6. The summed E-state index contributed by atoms with van der Waals surface area (Å²) < 4.78 is 0. The maximum absolute atomic E-state index is 8.94. The number of anilines is 1. The third-order valence-corrected chi connectivity index (χ3v) is 3.24. The SMILES string of the molecule is CC(C)N(CCCO)Cc1nc2ccc(N)cc2[nH]1. The fourth-order valence-electron chi connectivity index (χ4n) is 2.14. The van der Waals surface area contributed by atoms with Gasteiger partial charge in [0.15, 0.2) is 0 Å². The summed E-state index contributed by atoms with van der Waals surface area (Å²) in [6, 6.07) is 6.11. The first-order chi connectivity index (χ1) is 9.10. The van der Waals surface area contributed by atoms with Crippen LogP contribution in [0.15, 0.2) is 18.2 Å². The van der Waals surface area contributed by atoms with Crippen LogP contribution >= 0.6 is 0 Å². The molecule has 0 radical (unpaired) electrons. The van der Waals surface area contributed by atoms with E-state index in [-0.39, 0.29) is 6.61 Å². The number of nitrogens with two attached hydrogens (primary N) is 1. The highest BCUT2D eigenvalue weighted by Crippen LogP contribution is 2.16. The molecule has 0 aliphatic rings. The van der Waals surface area contributed by atoms with Crippen molar-refractivity contribution in [1.29, 1.82) is 0 Å². The van der Waals surface area contributed by atoms with Crippen molar-refractivity contribution in [3.8, 4) is 0 Å². The van der Waals surface area contributed by atoms with Crippen LogP contribution in [0.25, 0.3) is 11.0 Å². The fourth-order valence-corrected chi connectivity index (χ4v) is 2.14. The molecule has 0 saturated carbocycles. The number of nitrogens with zero attached hydrogens (tertiary/aromatic N) is 2. The number of aliphatic hydroxyl groups is 1. The Hall–Kier alpha value is -1.59. The van der Waals surface area contributed by atoms with Crippen LogP contribution in [0.5, 0.6) is 0 Å². The predicted octanol–water partition coefficient (Wildman–Crippen LogP) is 1.74. The van der Waals surface area contributed by atoms with E-state index in [1.807, 2.05) is 18.2 Å². The van der Waals surface area contributed by atoms with Gasteiger partial charge in [-0.25, -0.2) is 4.98 Å². The number of hydrogen-bond acceptors (Lipinski definition) is 4. The first-order valence-corrected chi connectivity index (χ1v) is 6.69. The van der Waals surface area contributed by atoms with Crippen LogP contribution in [-0.2, 0) is 6.54 Å². The Kier molecular flexibility index (Phi) is 4.39. The van der Waals surface area contributed by atoms with E-state index in [9.17, 15) is 0 Å². The van der Waals surface area contributed by atoms with Crippen LogP contribution < -0.4 is 5.73 Å².